The van der Waals surface area contributed by atoms with E-state index in [0.29, 0.717) is 31.6 Å². The normalized spacial score (nSPS) is 17.8. The van der Waals surface area contributed by atoms with Crippen molar-refractivity contribution in [1.29, 1.82) is 0 Å². The van der Waals surface area contributed by atoms with Gasteiger partial charge in [-0.05, 0) is 6.07 Å². The summed E-state index contributed by atoms with van der Waals surface area (Å²) in [4.78, 5) is 14.5. The molecule has 0 saturated carbocycles. The lowest BCUT2D eigenvalue weighted by atomic mass is 9.94. The first-order chi connectivity index (χ1) is 10.1. The number of aliphatic hydroxyl groups is 1. The van der Waals surface area contributed by atoms with Gasteiger partial charge in [0.05, 0.1) is 10.5 Å². The van der Waals surface area contributed by atoms with Crippen LogP contribution in [0.2, 0.25) is 0 Å². The fraction of sp³-hybridized carbons (Fsp3) is 0.462. The number of nitro groups is 1. The van der Waals surface area contributed by atoms with Crippen LogP contribution >= 0.6 is 0 Å². The van der Waals surface area contributed by atoms with E-state index in [2.05, 4.69) is 10.3 Å². The molecule has 1 fully saturated rings. The van der Waals surface area contributed by atoms with Gasteiger partial charge in [0.25, 0.3) is 11.7 Å². The summed E-state index contributed by atoms with van der Waals surface area (Å²) in [6.45, 7) is 1.28. The molecule has 3 rings (SSSR count). The Hall–Kier alpha value is -2.19. The van der Waals surface area contributed by atoms with Gasteiger partial charge in [0, 0.05) is 38.7 Å². The third-order valence-corrected chi connectivity index (χ3v) is 3.59. The van der Waals surface area contributed by atoms with Crippen molar-refractivity contribution in [2.45, 2.75) is 18.4 Å². The van der Waals surface area contributed by atoms with Crippen LogP contribution in [0.3, 0.4) is 0 Å². The van der Waals surface area contributed by atoms with E-state index < -0.39 is 10.5 Å². The summed E-state index contributed by atoms with van der Waals surface area (Å²) in [6.07, 6.45) is 1.06. The highest BCUT2D eigenvalue weighted by atomic mass is 16.6. The molecule has 2 aromatic rings. The highest BCUT2D eigenvalue weighted by Gasteiger charge is 2.30. The zero-order chi connectivity index (χ0) is 14.9. The van der Waals surface area contributed by atoms with Crippen LogP contribution in [0.5, 0.6) is 0 Å². The second kappa shape index (κ2) is 5.30. The molecule has 0 amide bonds. The topological polar surface area (TPSA) is 111 Å². The van der Waals surface area contributed by atoms with Crippen molar-refractivity contribution in [2.24, 2.45) is 0 Å². The largest absolute Gasteiger partial charge is 0.423 e. The van der Waals surface area contributed by atoms with Gasteiger partial charge in [0.15, 0.2) is 11.1 Å². The monoisotopic (exact) mass is 293 g/mol. The van der Waals surface area contributed by atoms with Crippen LogP contribution < -0.4 is 5.32 Å². The Morgan fingerprint density at radius 3 is 2.90 bits per heavy atom. The molecule has 2 N–H and O–H groups in total. The molecular formula is C13H15N3O5. The summed E-state index contributed by atoms with van der Waals surface area (Å²) in [5.74, 6) is 0. The zero-order valence-electron chi connectivity index (χ0n) is 11.2. The molecule has 0 spiro atoms. The quantitative estimate of drug-likeness (QED) is 0.651. The van der Waals surface area contributed by atoms with Crippen LogP contribution in [-0.2, 0) is 4.74 Å². The second-order valence-electron chi connectivity index (χ2n) is 5.09. The van der Waals surface area contributed by atoms with Crippen molar-refractivity contribution in [3.8, 4) is 0 Å². The Morgan fingerprint density at radius 2 is 2.19 bits per heavy atom. The molecule has 0 atom stereocenters. The Balaban J connectivity index is 1.78. The van der Waals surface area contributed by atoms with Gasteiger partial charge in [0.1, 0.15) is 0 Å². The van der Waals surface area contributed by atoms with E-state index in [-0.39, 0.29) is 23.8 Å². The van der Waals surface area contributed by atoms with Crippen LogP contribution in [0, 0.1) is 10.1 Å². The number of hydrogen-bond donors (Lipinski definition) is 2. The highest BCUT2D eigenvalue weighted by Crippen LogP contribution is 2.28. The number of para-hydroxylation sites is 1. The zero-order valence-corrected chi connectivity index (χ0v) is 11.2. The van der Waals surface area contributed by atoms with Crippen molar-refractivity contribution >= 4 is 22.8 Å². The third-order valence-electron chi connectivity index (χ3n) is 3.59. The van der Waals surface area contributed by atoms with Crippen LogP contribution in [0.25, 0.3) is 11.1 Å². The summed E-state index contributed by atoms with van der Waals surface area (Å²) in [5.41, 5.74) is -0.436. The predicted octanol–water partition coefficient (Wildman–Crippen LogP) is 1.69. The van der Waals surface area contributed by atoms with E-state index in [0.717, 1.165) is 0 Å². The molecule has 0 radical (unpaired) electrons. The van der Waals surface area contributed by atoms with Crippen LogP contribution in [0.4, 0.5) is 11.7 Å². The molecule has 21 heavy (non-hydrogen) atoms. The Bertz CT molecular complexity index is 663. The predicted molar refractivity (Wildman–Crippen MR) is 74.2 cm³/mol. The van der Waals surface area contributed by atoms with Crippen molar-refractivity contribution in [2.75, 3.05) is 25.1 Å². The third kappa shape index (κ3) is 2.81. The Kier molecular flexibility index (Phi) is 3.48. The molecule has 1 aliphatic heterocycles. The maximum Gasteiger partial charge on any atom is 0.298 e. The summed E-state index contributed by atoms with van der Waals surface area (Å²) in [5, 5.41) is 24.2. The Morgan fingerprint density at radius 1 is 1.43 bits per heavy atom. The number of non-ortho nitro benzene ring substituents is 1. The van der Waals surface area contributed by atoms with Gasteiger partial charge in [-0.3, -0.25) is 10.1 Å². The second-order valence-corrected chi connectivity index (χ2v) is 5.09. The molecule has 8 nitrogen and oxygen atoms in total. The number of anilines is 1. The summed E-state index contributed by atoms with van der Waals surface area (Å²) < 4.78 is 10.6. The first kappa shape index (κ1) is 13.8. The summed E-state index contributed by atoms with van der Waals surface area (Å²) in [6, 6.07) is 4.70. The average molecular weight is 293 g/mol. The number of oxazole rings is 1. The lowest BCUT2D eigenvalue weighted by molar-refractivity contribution is -0.383. The van der Waals surface area contributed by atoms with Gasteiger partial charge in [-0.15, -0.1) is 0 Å². The van der Waals surface area contributed by atoms with Gasteiger partial charge in [-0.2, -0.15) is 4.98 Å². The number of aromatic nitrogens is 1. The number of nitrogens with one attached hydrogen (secondary N) is 1. The number of hydrogen-bond acceptors (Lipinski definition) is 7. The van der Waals surface area contributed by atoms with Gasteiger partial charge in [0.2, 0.25) is 0 Å². The fourth-order valence-electron chi connectivity index (χ4n) is 2.33. The molecule has 0 bridgehead atoms. The van der Waals surface area contributed by atoms with Crippen molar-refractivity contribution in [1.82, 2.24) is 4.98 Å². The molecule has 1 aromatic heterocycles. The average Bonchev–Trinajstić information content (AvgIpc) is 2.88. The number of nitro benzene ring substituents is 1. The molecule has 8 heteroatoms. The molecule has 0 aliphatic carbocycles. The van der Waals surface area contributed by atoms with Crippen LogP contribution in [-0.4, -0.2) is 40.4 Å². The van der Waals surface area contributed by atoms with E-state index in [1.165, 1.54) is 6.07 Å². The molecule has 0 unspecified atom stereocenters. The number of fused-ring (bicyclic) bond motifs is 1. The van der Waals surface area contributed by atoms with E-state index >= 15 is 0 Å². The molecule has 112 valence electrons. The number of benzene rings is 1. The molecule has 1 aromatic carbocycles. The molecule has 1 aliphatic rings. The number of nitrogens with zero attached hydrogens (tertiary/aromatic N) is 2. The molecule has 1 saturated heterocycles. The minimum Gasteiger partial charge on any atom is -0.423 e. The van der Waals surface area contributed by atoms with Crippen molar-refractivity contribution < 1.29 is 19.2 Å². The number of rotatable bonds is 4. The van der Waals surface area contributed by atoms with Gasteiger partial charge >= 0.3 is 0 Å². The summed E-state index contributed by atoms with van der Waals surface area (Å²) >= 11 is 0. The van der Waals surface area contributed by atoms with Crippen molar-refractivity contribution in [3.63, 3.8) is 0 Å². The molecule has 2 heterocycles. The fourth-order valence-corrected chi connectivity index (χ4v) is 2.33. The lowest BCUT2D eigenvalue weighted by Crippen LogP contribution is -2.42. The lowest BCUT2D eigenvalue weighted by Gasteiger charge is -2.31. The van der Waals surface area contributed by atoms with Crippen molar-refractivity contribution in [3.05, 3.63) is 28.3 Å². The minimum absolute atomic E-state index is 0.103. The summed E-state index contributed by atoms with van der Waals surface area (Å²) in [7, 11) is 0. The number of ether oxygens (including phenoxy) is 1. The maximum atomic E-state index is 10.9. The smallest absolute Gasteiger partial charge is 0.298 e. The standard InChI is InChI=1S/C13H15N3O5/c17-13(4-6-20-7-5-13)8-14-12-15-11-9(16(18)19)2-1-3-10(11)21-12/h1-3,17H,4-8H2,(H,14,15). The van der Waals surface area contributed by atoms with Gasteiger partial charge in [-0.25, -0.2) is 0 Å². The molecular weight excluding hydrogens is 278 g/mol. The van der Waals surface area contributed by atoms with Crippen LogP contribution in [0.15, 0.2) is 22.6 Å². The maximum absolute atomic E-state index is 10.9. The van der Waals surface area contributed by atoms with Gasteiger partial charge in [-0.1, -0.05) is 6.07 Å². The Labute approximate surface area is 119 Å². The van der Waals surface area contributed by atoms with E-state index in [1.54, 1.807) is 12.1 Å². The SMILES string of the molecule is O=[N+]([O-])c1cccc2oc(NCC3(O)CCOCC3)nc12. The highest BCUT2D eigenvalue weighted by molar-refractivity contribution is 5.83. The first-order valence-electron chi connectivity index (χ1n) is 6.65. The van der Waals surface area contributed by atoms with Gasteiger partial charge < -0.3 is 19.6 Å². The van der Waals surface area contributed by atoms with E-state index in [4.69, 9.17) is 9.15 Å². The minimum atomic E-state index is -0.870. The van der Waals surface area contributed by atoms with E-state index in [9.17, 15) is 15.2 Å². The van der Waals surface area contributed by atoms with Crippen LogP contribution in [0.1, 0.15) is 12.8 Å². The van der Waals surface area contributed by atoms with E-state index in [1.807, 2.05) is 0 Å². The first-order valence-corrected chi connectivity index (χ1v) is 6.65.